The Kier molecular flexibility index (Phi) is 6.88. The maximum atomic E-state index is 12.4. The molecule has 2 rings (SSSR count). The molecule has 1 aliphatic carbocycles. The van der Waals surface area contributed by atoms with E-state index in [1.807, 2.05) is 49.2 Å². The average molecular weight is 341 g/mol. The molecule has 0 saturated heterocycles. The molecule has 5 heteroatoms. The molecular weight excluding hydrogens is 314 g/mol. The van der Waals surface area contributed by atoms with Crippen LogP contribution < -0.4 is 10.1 Å². The molecule has 1 aromatic carbocycles. The van der Waals surface area contributed by atoms with Gasteiger partial charge >= 0.3 is 0 Å². The maximum absolute atomic E-state index is 12.4. The van der Waals surface area contributed by atoms with Gasteiger partial charge in [-0.2, -0.15) is 5.26 Å². The Bertz CT molecular complexity index is 640. The van der Waals surface area contributed by atoms with Crippen LogP contribution in [0.15, 0.2) is 36.0 Å². The fourth-order valence-corrected chi connectivity index (χ4v) is 3.19. The SMILES string of the molecule is COc1ccc(C(C)NC(=O)/C(C#N)=C\N(C)C2CCCCC2)cc1. The maximum Gasteiger partial charge on any atom is 0.263 e. The van der Waals surface area contributed by atoms with Gasteiger partial charge < -0.3 is 15.0 Å². The number of nitrogens with one attached hydrogen (secondary N) is 1. The number of ether oxygens (including phenoxy) is 1. The molecule has 1 fully saturated rings. The molecule has 0 aromatic heterocycles. The molecule has 134 valence electrons. The third-order valence-electron chi connectivity index (χ3n) is 4.81. The number of amides is 1. The number of carbonyl (C=O) groups is 1. The number of carbonyl (C=O) groups excluding carboxylic acids is 1. The van der Waals surface area contributed by atoms with Crippen LogP contribution in [0.2, 0.25) is 0 Å². The normalized spacial score (nSPS) is 16.6. The molecule has 1 unspecified atom stereocenters. The molecule has 1 atom stereocenters. The number of hydrogen-bond donors (Lipinski definition) is 1. The third kappa shape index (κ3) is 5.25. The summed E-state index contributed by atoms with van der Waals surface area (Å²) in [7, 11) is 3.57. The Balaban J connectivity index is 2.00. The van der Waals surface area contributed by atoms with Gasteiger partial charge in [0.05, 0.1) is 13.2 Å². The zero-order valence-corrected chi connectivity index (χ0v) is 15.3. The fraction of sp³-hybridized carbons (Fsp3) is 0.500. The van der Waals surface area contributed by atoms with E-state index >= 15 is 0 Å². The van der Waals surface area contributed by atoms with Crippen molar-refractivity contribution in [3.63, 3.8) is 0 Å². The Morgan fingerprint density at radius 1 is 1.32 bits per heavy atom. The number of benzene rings is 1. The minimum absolute atomic E-state index is 0.147. The van der Waals surface area contributed by atoms with Gasteiger partial charge in [0.25, 0.3) is 5.91 Å². The van der Waals surface area contributed by atoms with Crippen molar-refractivity contribution in [1.82, 2.24) is 10.2 Å². The monoisotopic (exact) mass is 341 g/mol. The van der Waals surface area contributed by atoms with Crippen molar-refractivity contribution in [2.45, 2.75) is 51.1 Å². The standard InChI is InChI=1S/C20H27N3O2/c1-15(16-9-11-19(25-3)12-10-16)22-20(24)17(13-21)14-23(2)18-7-5-4-6-8-18/h9-12,14-15,18H,4-8H2,1-3H3,(H,22,24)/b17-14-. The van der Waals surface area contributed by atoms with Crippen molar-refractivity contribution >= 4 is 5.91 Å². The van der Waals surface area contributed by atoms with Crippen molar-refractivity contribution in [3.05, 3.63) is 41.6 Å². The number of nitrogens with zero attached hydrogens (tertiary/aromatic N) is 2. The fourth-order valence-electron chi connectivity index (χ4n) is 3.19. The lowest BCUT2D eigenvalue weighted by atomic mass is 9.94. The Morgan fingerprint density at radius 2 is 1.96 bits per heavy atom. The number of hydrogen-bond acceptors (Lipinski definition) is 4. The van der Waals surface area contributed by atoms with Crippen LogP contribution in [-0.2, 0) is 4.79 Å². The van der Waals surface area contributed by atoms with Crippen LogP contribution >= 0.6 is 0 Å². The van der Waals surface area contributed by atoms with Gasteiger partial charge in [-0.05, 0) is 37.5 Å². The first-order valence-corrected chi connectivity index (χ1v) is 8.83. The van der Waals surface area contributed by atoms with E-state index in [0.29, 0.717) is 6.04 Å². The molecule has 1 aliphatic rings. The first-order chi connectivity index (χ1) is 12.0. The van der Waals surface area contributed by atoms with Gasteiger partial charge in [0.15, 0.2) is 0 Å². The molecule has 0 aliphatic heterocycles. The molecule has 0 bridgehead atoms. The highest BCUT2D eigenvalue weighted by atomic mass is 16.5. The van der Waals surface area contributed by atoms with Crippen molar-refractivity contribution in [3.8, 4) is 11.8 Å². The van der Waals surface area contributed by atoms with E-state index in [2.05, 4.69) is 5.32 Å². The summed E-state index contributed by atoms with van der Waals surface area (Å²) in [6, 6.07) is 9.80. The highest BCUT2D eigenvalue weighted by Crippen LogP contribution is 2.22. The molecule has 1 amide bonds. The second-order valence-corrected chi connectivity index (χ2v) is 6.58. The van der Waals surface area contributed by atoms with E-state index in [4.69, 9.17) is 4.74 Å². The van der Waals surface area contributed by atoms with E-state index < -0.39 is 0 Å². The number of nitriles is 1. The second-order valence-electron chi connectivity index (χ2n) is 6.58. The van der Waals surface area contributed by atoms with Gasteiger partial charge in [0, 0.05) is 19.3 Å². The Morgan fingerprint density at radius 3 is 2.52 bits per heavy atom. The van der Waals surface area contributed by atoms with Crippen LogP contribution in [0.5, 0.6) is 5.75 Å². The van der Waals surface area contributed by atoms with Crippen LogP contribution in [0.25, 0.3) is 0 Å². The van der Waals surface area contributed by atoms with Gasteiger partial charge in [-0.3, -0.25) is 4.79 Å². The van der Waals surface area contributed by atoms with Crippen molar-refractivity contribution in [2.75, 3.05) is 14.2 Å². The molecule has 1 N–H and O–H groups in total. The lowest BCUT2D eigenvalue weighted by Crippen LogP contribution is -2.32. The Labute approximate surface area is 150 Å². The van der Waals surface area contributed by atoms with E-state index in [1.165, 1.54) is 19.3 Å². The lowest BCUT2D eigenvalue weighted by Gasteiger charge is -2.30. The summed E-state index contributed by atoms with van der Waals surface area (Å²) in [5.74, 6) is 0.433. The average Bonchev–Trinajstić information content (AvgIpc) is 2.66. The molecule has 0 heterocycles. The van der Waals surface area contributed by atoms with Crippen LogP contribution in [0.1, 0.15) is 50.6 Å². The second kappa shape index (κ2) is 9.12. The van der Waals surface area contributed by atoms with E-state index in [1.54, 1.807) is 13.3 Å². The number of rotatable bonds is 6. The predicted molar refractivity (Wildman–Crippen MR) is 97.9 cm³/mol. The molecule has 5 nitrogen and oxygen atoms in total. The van der Waals surface area contributed by atoms with Gasteiger partial charge in [-0.1, -0.05) is 31.4 Å². The summed E-state index contributed by atoms with van der Waals surface area (Å²) in [6.45, 7) is 1.90. The summed E-state index contributed by atoms with van der Waals surface area (Å²) in [4.78, 5) is 14.5. The third-order valence-corrected chi connectivity index (χ3v) is 4.81. The summed E-state index contributed by atoms with van der Waals surface area (Å²) in [5.41, 5.74) is 1.11. The first kappa shape index (κ1) is 18.9. The highest BCUT2D eigenvalue weighted by molar-refractivity contribution is 5.97. The molecule has 0 radical (unpaired) electrons. The van der Waals surface area contributed by atoms with E-state index in [-0.39, 0.29) is 17.5 Å². The smallest absolute Gasteiger partial charge is 0.263 e. The number of methoxy groups -OCH3 is 1. The topological polar surface area (TPSA) is 65.4 Å². The molecular formula is C20H27N3O2. The lowest BCUT2D eigenvalue weighted by molar-refractivity contribution is -0.117. The van der Waals surface area contributed by atoms with E-state index in [9.17, 15) is 10.1 Å². The summed E-state index contributed by atoms with van der Waals surface area (Å²) < 4.78 is 5.14. The summed E-state index contributed by atoms with van der Waals surface area (Å²) >= 11 is 0. The summed E-state index contributed by atoms with van der Waals surface area (Å²) in [5, 5.41) is 12.3. The largest absolute Gasteiger partial charge is 0.497 e. The molecule has 0 spiro atoms. The zero-order chi connectivity index (χ0) is 18.2. The molecule has 25 heavy (non-hydrogen) atoms. The predicted octanol–water partition coefficient (Wildman–Crippen LogP) is 3.54. The van der Waals surface area contributed by atoms with Gasteiger partial charge in [-0.15, -0.1) is 0 Å². The molecule has 1 saturated carbocycles. The molecule has 1 aromatic rings. The Hall–Kier alpha value is -2.48. The van der Waals surface area contributed by atoms with Gasteiger partial charge in [-0.25, -0.2) is 0 Å². The van der Waals surface area contributed by atoms with Gasteiger partial charge in [0.2, 0.25) is 0 Å². The van der Waals surface area contributed by atoms with E-state index in [0.717, 1.165) is 24.2 Å². The van der Waals surface area contributed by atoms with Crippen LogP contribution in [0, 0.1) is 11.3 Å². The van der Waals surface area contributed by atoms with Crippen LogP contribution in [0.3, 0.4) is 0 Å². The van der Waals surface area contributed by atoms with Crippen molar-refractivity contribution in [1.29, 1.82) is 5.26 Å². The minimum atomic E-state index is -0.339. The quantitative estimate of drug-likeness (QED) is 0.635. The highest BCUT2D eigenvalue weighted by Gasteiger charge is 2.19. The van der Waals surface area contributed by atoms with Crippen LogP contribution in [-0.4, -0.2) is 31.0 Å². The van der Waals surface area contributed by atoms with Gasteiger partial charge in [0.1, 0.15) is 17.4 Å². The minimum Gasteiger partial charge on any atom is -0.497 e. The first-order valence-electron chi connectivity index (χ1n) is 8.83. The van der Waals surface area contributed by atoms with Crippen LogP contribution in [0.4, 0.5) is 0 Å². The summed E-state index contributed by atoms with van der Waals surface area (Å²) in [6.07, 6.45) is 7.63. The van der Waals surface area contributed by atoms with Crippen molar-refractivity contribution < 1.29 is 9.53 Å². The van der Waals surface area contributed by atoms with Crippen molar-refractivity contribution in [2.24, 2.45) is 0 Å². The zero-order valence-electron chi connectivity index (χ0n) is 15.3.